The molecule has 2 unspecified atom stereocenters. The molecular formula is C22H30FN3OS. The Hall–Kier alpha value is -1.92. The number of hydrogen-bond donors (Lipinski definition) is 1. The first kappa shape index (κ1) is 20.8. The second-order valence-electron chi connectivity index (χ2n) is 8.47. The van der Waals surface area contributed by atoms with Crippen molar-refractivity contribution in [1.82, 2.24) is 10.2 Å². The molecule has 3 rings (SSSR count). The fourth-order valence-corrected chi connectivity index (χ4v) is 4.58. The van der Waals surface area contributed by atoms with Gasteiger partial charge in [-0.15, -0.1) is 11.3 Å². The Bertz CT molecular complexity index is 762. The van der Waals surface area contributed by atoms with Crippen molar-refractivity contribution in [1.29, 1.82) is 0 Å². The lowest BCUT2D eigenvalue weighted by atomic mass is 9.94. The van der Waals surface area contributed by atoms with Crippen LogP contribution in [0, 0.1) is 11.2 Å². The molecule has 2 heterocycles. The molecule has 1 amide bonds. The second kappa shape index (κ2) is 8.62. The quantitative estimate of drug-likeness (QED) is 0.808. The van der Waals surface area contributed by atoms with E-state index in [1.807, 2.05) is 32.9 Å². The number of hydrogen-bond acceptors (Lipinski definition) is 4. The highest BCUT2D eigenvalue weighted by Crippen LogP contribution is 2.30. The zero-order chi connectivity index (χ0) is 20.3. The van der Waals surface area contributed by atoms with Gasteiger partial charge in [0, 0.05) is 48.2 Å². The fraction of sp³-hybridized carbons (Fsp3) is 0.500. The van der Waals surface area contributed by atoms with Crippen molar-refractivity contribution in [3.8, 4) is 0 Å². The Balaban J connectivity index is 1.70. The number of benzene rings is 1. The maximum Gasteiger partial charge on any atom is 0.225 e. The van der Waals surface area contributed by atoms with Crippen LogP contribution in [-0.4, -0.2) is 43.0 Å². The summed E-state index contributed by atoms with van der Waals surface area (Å²) in [6.45, 7) is 11.5. The molecule has 1 aromatic heterocycles. The number of amides is 1. The number of halogens is 1. The molecule has 0 bridgehead atoms. The summed E-state index contributed by atoms with van der Waals surface area (Å²) in [4.78, 5) is 18.6. The standard InChI is InChI=1S/C22H30FN3OS/c1-16(24-21(27)22(2,3)4)20(19-6-5-15-28-19)26-13-11-25(12-14-26)18-9-7-17(23)8-10-18/h5-10,15-16,20H,11-14H2,1-4H3,(H,24,27). The average Bonchev–Trinajstić information content (AvgIpc) is 3.16. The lowest BCUT2D eigenvalue weighted by Gasteiger charge is -2.42. The SMILES string of the molecule is CC(NC(=O)C(C)(C)C)C(c1cccs1)N1CCN(c2ccc(F)cc2)CC1. The van der Waals surface area contributed by atoms with Crippen LogP contribution in [0.2, 0.25) is 0 Å². The van der Waals surface area contributed by atoms with Crippen molar-refractivity contribution >= 4 is 22.9 Å². The van der Waals surface area contributed by atoms with E-state index in [1.54, 1.807) is 11.3 Å². The van der Waals surface area contributed by atoms with Crippen LogP contribution in [0.5, 0.6) is 0 Å². The van der Waals surface area contributed by atoms with Crippen LogP contribution in [0.3, 0.4) is 0 Å². The van der Waals surface area contributed by atoms with Crippen LogP contribution < -0.4 is 10.2 Å². The summed E-state index contributed by atoms with van der Waals surface area (Å²) in [6.07, 6.45) is 0. The summed E-state index contributed by atoms with van der Waals surface area (Å²) >= 11 is 1.74. The first-order chi connectivity index (χ1) is 13.3. The van der Waals surface area contributed by atoms with Gasteiger partial charge in [-0.2, -0.15) is 0 Å². The third-order valence-electron chi connectivity index (χ3n) is 5.25. The van der Waals surface area contributed by atoms with E-state index in [0.29, 0.717) is 0 Å². The maximum absolute atomic E-state index is 13.2. The monoisotopic (exact) mass is 403 g/mol. The summed E-state index contributed by atoms with van der Waals surface area (Å²) in [5.41, 5.74) is 0.651. The normalized spacial score (nSPS) is 18.0. The van der Waals surface area contributed by atoms with E-state index in [1.165, 1.54) is 17.0 Å². The van der Waals surface area contributed by atoms with Gasteiger partial charge in [0.15, 0.2) is 0 Å². The molecule has 2 atom stereocenters. The molecule has 4 nitrogen and oxygen atoms in total. The first-order valence-corrected chi connectivity index (χ1v) is 10.7. The summed E-state index contributed by atoms with van der Waals surface area (Å²) < 4.78 is 13.2. The van der Waals surface area contributed by atoms with Crippen molar-refractivity contribution in [2.75, 3.05) is 31.1 Å². The van der Waals surface area contributed by atoms with E-state index < -0.39 is 5.41 Å². The largest absolute Gasteiger partial charge is 0.369 e. The molecule has 1 fully saturated rings. The molecule has 0 saturated carbocycles. The predicted molar refractivity (Wildman–Crippen MR) is 114 cm³/mol. The van der Waals surface area contributed by atoms with Gasteiger partial charge in [0.1, 0.15) is 5.82 Å². The topological polar surface area (TPSA) is 35.6 Å². The molecule has 1 aliphatic rings. The van der Waals surface area contributed by atoms with E-state index >= 15 is 0 Å². The Morgan fingerprint density at radius 1 is 1.11 bits per heavy atom. The highest BCUT2D eigenvalue weighted by molar-refractivity contribution is 7.10. The van der Waals surface area contributed by atoms with Crippen LogP contribution in [0.15, 0.2) is 41.8 Å². The van der Waals surface area contributed by atoms with Gasteiger partial charge in [0.05, 0.1) is 6.04 Å². The molecule has 1 N–H and O–H groups in total. The molecule has 152 valence electrons. The van der Waals surface area contributed by atoms with Crippen molar-refractivity contribution in [2.24, 2.45) is 5.41 Å². The summed E-state index contributed by atoms with van der Waals surface area (Å²) in [5.74, 6) is -0.130. The van der Waals surface area contributed by atoms with Gasteiger partial charge in [0.2, 0.25) is 5.91 Å². The third kappa shape index (κ3) is 4.92. The van der Waals surface area contributed by atoms with Crippen molar-refractivity contribution in [3.63, 3.8) is 0 Å². The molecule has 6 heteroatoms. The molecule has 0 radical (unpaired) electrons. The van der Waals surface area contributed by atoms with Crippen LogP contribution in [0.4, 0.5) is 10.1 Å². The summed E-state index contributed by atoms with van der Waals surface area (Å²) in [7, 11) is 0. The van der Waals surface area contributed by atoms with E-state index in [9.17, 15) is 9.18 Å². The minimum Gasteiger partial charge on any atom is -0.369 e. The maximum atomic E-state index is 13.2. The predicted octanol–water partition coefficient (Wildman–Crippen LogP) is 4.30. The van der Waals surface area contributed by atoms with E-state index in [0.717, 1.165) is 31.9 Å². The zero-order valence-corrected chi connectivity index (χ0v) is 17.9. The molecule has 1 aromatic carbocycles. The third-order valence-corrected chi connectivity index (χ3v) is 6.19. The average molecular weight is 404 g/mol. The minimum atomic E-state index is -0.407. The van der Waals surface area contributed by atoms with Gasteiger partial charge >= 0.3 is 0 Å². The number of carbonyl (C=O) groups is 1. The van der Waals surface area contributed by atoms with Gasteiger partial charge in [-0.25, -0.2) is 4.39 Å². The number of carbonyl (C=O) groups excluding carboxylic acids is 1. The zero-order valence-electron chi connectivity index (χ0n) is 17.1. The van der Waals surface area contributed by atoms with Crippen molar-refractivity contribution in [3.05, 3.63) is 52.5 Å². The van der Waals surface area contributed by atoms with E-state index in [4.69, 9.17) is 0 Å². The van der Waals surface area contributed by atoms with Crippen molar-refractivity contribution < 1.29 is 9.18 Å². The Labute approximate surface area is 171 Å². The number of anilines is 1. The van der Waals surface area contributed by atoms with E-state index in [2.05, 4.69) is 39.6 Å². The molecule has 2 aromatic rings. The van der Waals surface area contributed by atoms with Crippen LogP contribution >= 0.6 is 11.3 Å². The van der Waals surface area contributed by atoms with Gasteiger partial charge in [-0.3, -0.25) is 9.69 Å². The molecule has 1 aliphatic heterocycles. The summed E-state index contributed by atoms with van der Waals surface area (Å²) in [5, 5.41) is 5.32. The van der Waals surface area contributed by atoms with Crippen molar-refractivity contribution in [2.45, 2.75) is 39.8 Å². The van der Waals surface area contributed by atoms with Gasteiger partial charge in [-0.1, -0.05) is 26.8 Å². The first-order valence-electron chi connectivity index (χ1n) is 9.84. The smallest absolute Gasteiger partial charge is 0.225 e. The van der Waals surface area contributed by atoms with Crippen LogP contribution in [0.1, 0.15) is 38.6 Å². The molecule has 1 saturated heterocycles. The molecule has 0 spiro atoms. The lowest BCUT2D eigenvalue weighted by molar-refractivity contribution is -0.129. The number of nitrogens with zero attached hydrogens (tertiary/aromatic N) is 2. The fourth-order valence-electron chi connectivity index (χ4n) is 3.61. The highest BCUT2D eigenvalue weighted by atomic mass is 32.1. The number of rotatable bonds is 5. The van der Waals surface area contributed by atoms with Crippen LogP contribution in [0.25, 0.3) is 0 Å². The second-order valence-corrected chi connectivity index (χ2v) is 9.45. The van der Waals surface area contributed by atoms with Gasteiger partial charge in [0.25, 0.3) is 0 Å². The highest BCUT2D eigenvalue weighted by Gasteiger charge is 2.32. The minimum absolute atomic E-state index is 0.0164. The van der Waals surface area contributed by atoms with Gasteiger partial charge < -0.3 is 10.2 Å². The number of piperazine rings is 1. The number of thiophene rings is 1. The summed E-state index contributed by atoms with van der Waals surface area (Å²) in [6, 6.07) is 11.1. The lowest BCUT2D eigenvalue weighted by Crippen LogP contribution is -2.53. The van der Waals surface area contributed by atoms with Crippen LogP contribution in [-0.2, 0) is 4.79 Å². The molecule has 28 heavy (non-hydrogen) atoms. The Morgan fingerprint density at radius 2 is 1.75 bits per heavy atom. The van der Waals surface area contributed by atoms with E-state index in [-0.39, 0.29) is 23.8 Å². The molecule has 0 aliphatic carbocycles. The Morgan fingerprint density at radius 3 is 2.29 bits per heavy atom. The molecular weight excluding hydrogens is 373 g/mol. The Kier molecular flexibility index (Phi) is 6.40. The number of nitrogens with one attached hydrogen (secondary N) is 1. The van der Waals surface area contributed by atoms with Gasteiger partial charge in [-0.05, 0) is 42.6 Å².